The van der Waals surface area contributed by atoms with Crippen LogP contribution >= 0.6 is 34.7 Å². The van der Waals surface area contributed by atoms with Crippen molar-refractivity contribution >= 4 is 56.6 Å². The molecular weight excluding hydrogens is 441 g/mol. The van der Waals surface area contributed by atoms with Crippen molar-refractivity contribution in [2.24, 2.45) is 0 Å². The summed E-state index contributed by atoms with van der Waals surface area (Å²) >= 11 is 14.3. The summed E-state index contributed by atoms with van der Waals surface area (Å²) in [5.74, 6) is 0.961. The van der Waals surface area contributed by atoms with Crippen LogP contribution in [0.25, 0.3) is 10.9 Å². The lowest BCUT2D eigenvalue weighted by atomic mass is 9.88. The topological polar surface area (TPSA) is 63.2 Å². The van der Waals surface area contributed by atoms with E-state index in [4.69, 9.17) is 32.9 Å². The Labute approximate surface area is 189 Å². The highest BCUT2D eigenvalue weighted by Gasteiger charge is 2.29. The molecule has 0 aliphatic carbocycles. The van der Waals surface area contributed by atoms with Crippen LogP contribution in [0.1, 0.15) is 36.4 Å². The molecule has 1 unspecified atom stereocenters. The summed E-state index contributed by atoms with van der Waals surface area (Å²) < 4.78 is 9.82. The number of nitrogens with one attached hydrogen (secondary N) is 1. The van der Waals surface area contributed by atoms with Crippen LogP contribution in [0, 0.1) is 6.92 Å². The van der Waals surface area contributed by atoms with E-state index in [9.17, 15) is 0 Å². The average molecular weight is 464 g/mol. The van der Waals surface area contributed by atoms with Gasteiger partial charge in [0.1, 0.15) is 5.00 Å². The molecule has 1 atom stereocenters. The number of rotatable bonds is 4. The lowest BCUT2D eigenvalue weighted by Crippen LogP contribution is -2.41. The molecule has 2 aromatic heterocycles. The predicted octanol–water partition coefficient (Wildman–Crippen LogP) is 5.41. The van der Waals surface area contributed by atoms with Crippen LogP contribution < -0.4 is 5.32 Å². The van der Waals surface area contributed by atoms with Gasteiger partial charge in [-0.25, -0.2) is 9.97 Å². The normalized spacial score (nSPS) is 20.8. The second-order valence-corrected chi connectivity index (χ2v) is 9.55. The maximum absolute atomic E-state index is 6.66. The summed E-state index contributed by atoms with van der Waals surface area (Å²) in [6.07, 6.45) is 5.16. The Morgan fingerprint density at radius 1 is 1.20 bits per heavy atom. The zero-order valence-electron chi connectivity index (χ0n) is 16.7. The average Bonchev–Trinajstić information content (AvgIpc) is 3.40. The van der Waals surface area contributed by atoms with Crippen LogP contribution in [0.15, 0.2) is 18.3 Å². The standard InChI is InChI=1S/C21H23Cl2N5OS/c1-12-19(23)20(30-27-12)26-21-24-10-14-8-17(22)16(9-18(14)25-21)13-2-5-28(6-3-13)15-4-7-29-11-15/h8-10,13,15H,2-7,11H2,1H3,(H,24,25,26). The molecule has 0 spiro atoms. The summed E-state index contributed by atoms with van der Waals surface area (Å²) in [5, 5.41) is 6.29. The number of anilines is 2. The highest BCUT2D eigenvalue weighted by molar-refractivity contribution is 7.11. The van der Waals surface area contributed by atoms with Crippen molar-refractivity contribution in [2.45, 2.75) is 38.1 Å². The number of aromatic nitrogens is 3. The van der Waals surface area contributed by atoms with Crippen LogP contribution in [0.3, 0.4) is 0 Å². The Hall–Kier alpha value is -1.51. The van der Waals surface area contributed by atoms with Crippen molar-refractivity contribution in [2.75, 3.05) is 31.6 Å². The van der Waals surface area contributed by atoms with Gasteiger partial charge in [0.25, 0.3) is 0 Å². The van der Waals surface area contributed by atoms with Crippen molar-refractivity contribution in [3.05, 3.63) is 39.6 Å². The smallest absolute Gasteiger partial charge is 0.228 e. The minimum absolute atomic E-state index is 0.449. The molecule has 6 nitrogen and oxygen atoms in total. The third-order valence-electron chi connectivity index (χ3n) is 6.11. The molecule has 9 heteroatoms. The van der Waals surface area contributed by atoms with Crippen LogP contribution in [-0.2, 0) is 4.74 Å². The number of benzene rings is 1. The minimum Gasteiger partial charge on any atom is -0.380 e. The Morgan fingerprint density at radius 3 is 2.73 bits per heavy atom. The van der Waals surface area contributed by atoms with Gasteiger partial charge >= 0.3 is 0 Å². The molecule has 0 saturated carbocycles. The number of likely N-dealkylation sites (tertiary alicyclic amines) is 1. The Morgan fingerprint density at radius 2 is 2.03 bits per heavy atom. The first-order chi connectivity index (χ1) is 14.6. The molecule has 4 heterocycles. The molecule has 158 valence electrons. The molecule has 0 amide bonds. The van der Waals surface area contributed by atoms with Gasteiger partial charge in [-0.1, -0.05) is 23.2 Å². The van der Waals surface area contributed by atoms with Gasteiger partial charge in [-0.15, -0.1) is 0 Å². The van der Waals surface area contributed by atoms with Crippen LogP contribution in [0.5, 0.6) is 0 Å². The number of ether oxygens (including phenoxy) is 1. The molecule has 3 aromatic rings. The van der Waals surface area contributed by atoms with E-state index >= 15 is 0 Å². The number of piperidine rings is 1. The Balaban J connectivity index is 1.36. The van der Waals surface area contributed by atoms with Gasteiger partial charge in [0, 0.05) is 29.3 Å². The lowest BCUT2D eigenvalue weighted by molar-refractivity contribution is 0.122. The van der Waals surface area contributed by atoms with Crippen molar-refractivity contribution in [3.63, 3.8) is 0 Å². The molecule has 2 saturated heterocycles. The van der Waals surface area contributed by atoms with Crippen LogP contribution in [-0.4, -0.2) is 51.6 Å². The van der Waals surface area contributed by atoms with E-state index in [0.717, 1.165) is 72.2 Å². The first-order valence-electron chi connectivity index (χ1n) is 10.3. The van der Waals surface area contributed by atoms with Crippen LogP contribution in [0.2, 0.25) is 10.0 Å². The van der Waals surface area contributed by atoms with E-state index in [1.807, 2.05) is 13.0 Å². The zero-order valence-corrected chi connectivity index (χ0v) is 19.0. The summed E-state index contributed by atoms with van der Waals surface area (Å²) in [5.41, 5.74) is 2.87. The number of hydrogen-bond donors (Lipinski definition) is 1. The number of nitrogens with zero attached hydrogens (tertiary/aromatic N) is 4. The minimum atomic E-state index is 0.449. The van der Waals surface area contributed by atoms with Gasteiger partial charge in [-0.2, -0.15) is 4.37 Å². The molecule has 30 heavy (non-hydrogen) atoms. The molecule has 5 rings (SSSR count). The van der Waals surface area contributed by atoms with E-state index in [2.05, 4.69) is 25.6 Å². The van der Waals surface area contributed by atoms with Gasteiger partial charge in [-0.05, 0) is 74.4 Å². The van der Waals surface area contributed by atoms with Crippen molar-refractivity contribution in [3.8, 4) is 0 Å². The summed E-state index contributed by atoms with van der Waals surface area (Å²) in [7, 11) is 0. The number of fused-ring (bicyclic) bond motifs is 1. The molecule has 0 radical (unpaired) electrons. The van der Waals surface area contributed by atoms with E-state index < -0.39 is 0 Å². The molecular formula is C21H23Cl2N5OS. The number of halogens is 2. The molecule has 0 bridgehead atoms. The maximum Gasteiger partial charge on any atom is 0.228 e. The monoisotopic (exact) mass is 463 g/mol. The van der Waals surface area contributed by atoms with Gasteiger partial charge < -0.3 is 10.1 Å². The van der Waals surface area contributed by atoms with E-state index in [1.165, 1.54) is 17.1 Å². The predicted molar refractivity (Wildman–Crippen MR) is 122 cm³/mol. The summed E-state index contributed by atoms with van der Waals surface area (Å²) in [6.45, 7) is 5.82. The molecule has 2 fully saturated rings. The third kappa shape index (κ3) is 4.01. The second-order valence-electron chi connectivity index (χ2n) is 7.99. The highest BCUT2D eigenvalue weighted by atomic mass is 35.5. The van der Waals surface area contributed by atoms with E-state index in [-0.39, 0.29) is 0 Å². The van der Waals surface area contributed by atoms with E-state index in [0.29, 0.717) is 22.9 Å². The highest BCUT2D eigenvalue weighted by Crippen LogP contribution is 2.37. The molecule has 2 aliphatic rings. The lowest BCUT2D eigenvalue weighted by Gasteiger charge is -2.35. The Kier molecular flexibility index (Phi) is 5.82. The van der Waals surface area contributed by atoms with Crippen LogP contribution in [0.4, 0.5) is 10.9 Å². The zero-order chi connectivity index (χ0) is 20.7. The molecule has 2 aliphatic heterocycles. The second kappa shape index (κ2) is 8.55. The fourth-order valence-electron chi connectivity index (χ4n) is 4.36. The fraction of sp³-hybridized carbons (Fsp3) is 0.476. The summed E-state index contributed by atoms with van der Waals surface area (Å²) in [6, 6.07) is 4.70. The Bertz CT molecular complexity index is 1060. The van der Waals surface area contributed by atoms with Crippen molar-refractivity contribution < 1.29 is 4.74 Å². The van der Waals surface area contributed by atoms with E-state index in [1.54, 1.807) is 6.20 Å². The maximum atomic E-state index is 6.66. The van der Waals surface area contributed by atoms with Gasteiger partial charge in [-0.3, -0.25) is 4.90 Å². The molecule has 1 aromatic carbocycles. The number of hydrogen-bond acceptors (Lipinski definition) is 7. The van der Waals surface area contributed by atoms with Crippen molar-refractivity contribution in [1.82, 2.24) is 19.2 Å². The van der Waals surface area contributed by atoms with Gasteiger partial charge in [0.15, 0.2) is 0 Å². The first kappa shape index (κ1) is 20.4. The SMILES string of the molecule is Cc1nsc(Nc2ncc3cc(Cl)c(C4CCN(C5CCOC5)CC4)cc3n2)c1Cl. The fourth-order valence-corrected chi connectivity index (χ4v) is 5.62. The van der Waals surface area contributed by atoms with Gasteiger partial charge in [0.05, 0.1) is 22.8 Å². The largest absolute Gasteiger partial charge is 0.380 e. The third-order valence-corrected chi connectivity index (χ3v) is 7.86. The number of aryl methyl sites for hydroxylation is 1. The quantitative estimate of drug-likeness (QED) is 0.557. The van der Waals surface area contributed by atoms with Gasteiger partial charge in [0.2, 0.25) is 5.95 Å². The first-order valence-corrected chi connectivity index (χ1v) is 11.8. The summed E-state index contributed by atoms with van der Waals surface area (Å²) in [4.78, 5) is 11.7. The van der Waals surface area contributed by atoms with Crippen molar-refractivity contribution in [1.29, 1.82) is 0 Å². The molecule has 1 N–H and O–H groups in total.